The number of fused-ring (bicyclic) bond motifs is 1. The standard InChI is InChI=1S/C9H7FN2O3/c1-15-6-3-7(10)12-8-4(6)2-5(11-8)9(13)14/h2-3H,1H3,(H,11,12)(H,13,14). The SMILES string of the molecule is COc1cc(F)nc2[nH]c(C(=O)O)cc12. The quantitative estimate of drug-likeness (QED) is 0.735. The van der Waals surface area contributed by atoms with Gasteiger partial charge in [-0.1, -0.05) is 0 Å². The van der Waals surface area contributed by atoms with E-state index in [0.717, 1.165) is 6.07 Å². The van der Waals surface area contributed by atoms with Crippen LogP contribution in [0.15, 0.2) is 12.1 Å². The highest BCUT2D eigenvalue weighted by Gasteiger charge is 2.13. The van der Waals surface area contributed by atoms with Crippen molar-refractivity contribution < 1.29 is 19.0 Å². The van der Waals surface area contributed by atoms with Gasteiger partial charge in [0, 0.05) is 6.07 Å². The van der Waals surface area contributed by atoms with Crippen molar-refractivity contribution in [1.82, 2.24) is 9.97 Å². The van der Waals surface area contributed by atoms with Gasteiger partial charge in [-0.05, 0) is 6.07 Å². The number of hydrogen-bond donors (Lipinski definition) is 2. The highest BCUT2D eigenvalue weighted by Crippen LogP contribution is 2.25. The maximum Gasteiger partial charge on any atom is 0.352 e. The second kappa shape index (κ2) is 3.23. The first-order valence-electron chi connectivity index (χ1n) is 4.08. The first kappa shape index (κ1) is 9.45. The normalized spacial score (nSPS) is 10.5. The Labute approximate surface area is 83.5 Å². The number of H-pyrrole nitrogens is 1. The number of hydrogen-bond acceptors (Lipinski definition) is 3. The largest absolute Gasteiger partial charge is 0.496 e. The van der Waals surface area contributed by atoms with Gasteiger partial charge >= 0.3 is 5.97 Å². The summed E-state index contributed by atoms with van der Waals surface area (Å²) in [4.78, 5) is 16.7. The molecule has 15 heavy (non-hydrogen) atoms. The molecule has 0 aromatic carbocycles. The Kier molecular flexibility index (Phi) is 2.03. The lowest BCUT2D eigenvalue weighted by molar-refractivity contribution is 0.0691. The molecule has 2 N–H and O–H groups in total. The Morgan fingerprint density at radius 3 is 2.93 bits per heavy atom. The molecule has 0 spiro atoms. The summed E-state index contributed by atoms with van der Waals surface area (Å²) in [6.07, 6.45) is 0. The fourth-order valence-electron chi connectivity index (χ4n) is 1.33. The third kappa shape index (κ3) is 1.50. The molecule has 0 unspecified atom stereocenters. The summed E-state index contributed by atoms with van der Waals surface area (Å²) in [5.41, 5.74) is 0.102. The highest BCUT2D eigenvalue weighted by atomic mass is 19.1. The van der Waals surface area contributed by atoms with Gasteiger partial charge in [0.15, 0.2) is 0 Å². The zero-order valence-electron chi connectivity index (χ0n) is 7.74. The van der Waals surface area contributed by atoms with Crippen LogP contribution in [0, 0.1) is 5.95 Å². The van der Waals surface area contributed by atoms with E-state index in [1.54, 1.807) is 0 Å². The van der Waals surface area contributed by atoms with Crippen LogP contribution in [0.25, 0.3) is 11.0 Å². The van der Waals surface area contributed by atoms with Crippen LogP contribution in [-0.2, 0) is 0 Å². The van der Waals surface area contributed by atoms with Crippen molar-refractivity contribution in [2.45, 2.75) is 0 Å². The number of nitrogens with one attached hydrogen (secondary N) is 1. The number of aromatic nitrogens is 2. The molecule has 78 valence electrons. The van der Waals surface area contributed by atoms with Gasteiger partial charge in [0.25, 0.3) is 0 Å². The first-order valence-corrected chi connectivity index (χ1v) is 4.08. The Hall–Kier alpha value is -2.11. The average Bonchev–Trinajstić information content (AvgIpc) is 2.59. The van der Waals surface area contributed by atoms with Crippen LogP contribution >= 0.6 is 0 Å². The van der Waals surface area contributed by atoms with Crippen molar-refractivity contribution in [1.29, 1.82) is 0 Å². The van der Waals surface area contributed by atoms with E-state index in [-0.39, 0.29) is 17.1 Å². The minimum Gasteiger partial charge on any atom is -0.496 e. The summed E-state index contributed by atoms with van der Waals surface area (Å²) in [5.74, 6) is -1.60. The van der Waals surface area contributed by atoms with E-state index in [9.17, 15) is 9.18 Å². The van der Waals surface area contributed by atoms with E-state index >= 15 is 0 Å². The van der Waals surface area contributed by atoms with Crippen LogP contribution in [0.3, 0.4) is 0 Å². The fraction of sp³-hybridized carbons (Fsp3) is 0.111. The molecule has 2 rings (SSSR count). The van der Waals surface area contributed by atoms with E-state index in [4.69, 9.17) is 9.84 Å². The number of aromatic amines is 1. The third-order valence-electron chi connectivity index (χ3n) is 1.98. The minimum atomic E-state index is -1.13. The summed E-state index contributed by atoms with van der Waals surface area (Å²) >= 11 is 0. The molecule has 0 fully saturated rings. The van der Waals surface area contributed by atoms with Gasteiger partial charge in [-0.2, -0.15) is 4.39 Å². The number of carboxylic acids is 1. The molecule has 0 aliphatic heterocycles. The van der Waals surface area contributed by atoms with Crippen molar-refractivity contribution in [3.05, 3.63) is 23.8 Å². The van der Waals surface area contributed by atoms with Crippen molar-refractivity contribution in [3.63, 3.8) is 0 Å². The maximum absolute atomic E-state index is 12.9. The second-order valence-corrected chi connectivity index (χ2v) is 2.90. The predicted octanol–water partition coefficient (Wildman–Crippen LogP) is 1.41. The molecule has 0 saturated heterocycles. The first-order chi connectivity index (χ1) is 7.11. The Morgan fingerprint density at radius 1 is 1.60 bits per heavy atom. The van der Waals surface area contributed by atoms with Crippen LogP contribution in [-0.4, -0.2) is 28.2 Å². The summed E-state index contributed by atoms with van der Waals surface area (Å²) in [6, 6.07) is 2.45. The molecule has 2 aromatic heterocycles. The van der Waals surface area contributed by atoms with E-state index in [1.807, 2.05) is 0 Å². The van der Waals surface area contributed by atoms with Crippen molar-refractivity contribution in [2.75, 3.05) is 7.11 Å². The number of carbonyl (C=O) groups is 1. The molecule has 2 heterocycles. The van der Waals surface area contributed by atoms with E-state index in [2.05, 4.69) is 9.97 Å². The second-order valence-electron chi connectivity index (χ2n) is 2.90. The summed E-state index contributed by atoms with van der Waals surface area (Å²) in [7, 11) is 1.38. The Morgan fingerprint density at radius 2 is 2.33 bits per heavy atom. The molecule has 0 amide bonds. The van der Waals surface area contributed by atoms with Crippen molar-refractivity contribution in [3.8, 4) is 5.75 Å². The Bertz CT molecular complexity index is 535. The number of nitrogens with zero attached hydrogens (tertiary/aromatic N) is 1. The zero-order chi connectivity index (χ0) is 11.0. The lowest BCUT2D eigenvalue weighted by Gasteiger charge is -1.99. The summed E-state index contributed by atoms with van der Waals surface area (Å²) in [6.45, 7) is 0. The number of ether oxygens (including phenoxy) is 1. The fourth-order valence-corrected chi connectivity index (χ4v) is 1.33. The van der Waals surface area contributed by atoms with Gasteiger partial charge < -0.3 is 14.8 Å². The van der Waals surface area contributed by atoms with Gasteiger partial charge in [-0.15, -0.1) is 0 Å². The van der Waals surface area contributed by atoms with Crippen LogP contribution in [0.1, 0.15) is 10.5 Å². The van der Waals surface area contributed by atoms with E-state index < -0.39 is 11.9 Å². The number of methoxy groups -OCH3 is 1. The van der Waals surface area contributed by atoms with E-state index in [0.29, 0.717) is 5.39 Å². The highest BCUT2D eigenvalue weighted by molar-refractivity contribution is 5.94. The molecule has 0 atom stereocenters. The van der Waals surface area contributed by atoms with Crippen molar-refractivity contribution in [2.24, 2.45) is 0 Å². The Balaban J connectivity index is 2.74. The van der Waals surface area contributed by atoms with Crippen LogP contribution in [0.5, 0.6) is 5.75 Å². The van der Waals surface area contributed by atoms with Crippen LogP contribution < -0.4 is 4.74 Å². The van der Waals surface area contributed by atoms with Crippen LogP contribution in [0.4, 0.5) is 4.39 Å². The molecule has 5 nitrogen and oxygen atoms in total. The predicted molar refractivity (Wildman–Crippen MR) is 49.6 cm³/mol. The topological polar surface area (TPSA) is 75.2 Å². The number of pyridine rings is 1. The minimum absolute atomic E-state index is 0.0543. The molecule has 0 bridgehead atoms. The molecule has 0 aliphatic rings. The molecular weight excluding hydrogens is 203 g/mol. The molecular formula is C9H7FN2O3. The average molecular weight is 210 g/mol. The van der Waals surface area contributed by atoms with Gasteiger partial charge in [0.05, 0.1) is 12.5 Å². The number of aromatic carboxylic acids is 1. The summed E-state index contributed by atoms with van der Waals surface area (Å²) in [5, 5.41) is 9.17. The number of carboxylic acid groups (broad SMARTS) is 1. The van der Waals surface area contributed by atoms with E-state index in [1.165, 1.54) is 13.2 Å². The van der Waals surface area contributed by atoms with Gasteiger partial charge in [0.2, 0.25) is 5.95 Å². The van der Waals surface area contributed by atoms with Crippen molar-refractivity contribution >= 4 is 17.0 Å². The molecule has 0 aliphatic carbocycles. The van der Waals surface area contributed by atoms with Gasteiger partial charge in [-0.25, -0.2) is 9.78 Å². The summed E-state index contributed by atoms with van der Waals surface area (Å²) < 4.78 is 17.8. The maximum atomic E-state index is 12.9. The lowest BCUT2D eigenvalue weighted by Crippen LogP contribution is -1.95. The van der Waals surface area contributed by atoms with Gasteiger partial charge in [-0.3, -0.25) is 0 Å². The zero-order valence-corrected chi connectivity index (χ0v) is 7.74. The molecule has 2 aromatic rings. The monoisotopic (exact) mass is 210 g/mol. The molecule has 6 heteroatoms. The molecule has 0 saturated carbocycles. The van der Waals surface area contributed by atoms with Gasteiger partial charge in [0.1, 0.15) is 17.1 Å². The lowest BCUT2D eigenvalue weighted by atomic mass is 10.3. The number of halogens is 1. The van der Waals surface area contributed by atoms with Crippen LogP contribution in [0.2, 0.25) is 0 Å². The third-order valence-corrected chi connectivity index (χ3v) is 1.98. The number of rotatable bonds is 2. The molecule has 0 radical (unpaired) electrons. The smallest absolute Gasteiger partial charge is 0.352 e.